The first-order chi connectivity index (χ1) is 17.0. The highest BCUT2D eigenvalue weighted by Gasteiger charge is 2.33. The molecule has 1 atom stereocenters. The number of carbonyl (C=O) groups is 2. The molecule has 3 rings (SSSR count). The Morgan fingerprint density at radius 3 is 2.31 bits per heavy atom. The van der Waals surface area contributed by atoms with Gasteiger partial charge in [-0.15, -0.1) is 0 Å². The summed E-state index contributed by atoms with van der Waals surface area (Å²) in [7, 11) is 2.88. The molecule has 7 nitrogen and oxygen atoms in total. The standard InChI is InChI=1S/C17H17F3N2O2.C8H14O2.CH5N/c1-10-6-12(9-23)4-5-14(10)22-11(2)13-7-16(17(18,19)20)21-8-15(13)24-3;1-6-2-4-7(5-3-6)8(9)10;1-2/h4-9,11,22H,1-3H3;6-7H,2-5H2,1H3,(H,9,10);2H2,1H3. The zero-order chi connectivity index (χ0) is 27.5. The molecule has 1 aliphatic rings. The predicted molar refractivity (Wildman–Crippen MR) is 133 cm³/mol. The summed E-state index contributed by atoms with van der Waals surface area (Å²) in [6, 6.07) is 5.58. The molecular weight excluding hydrogens is 475 g/mol. The number of aryl methyl sites for hydroxylation is 1. The van der Waals surface area contributed by atoms with Crippen LogP contribution in [0.3, 0.4) is 0 Å². The van der Waals surface area contributed by atoms with Crippen molar-refractivity contribution in [2.75, 3.05) is 19.5 Å². The summed E-state index contributed by atoms with van der Waals surface area (Å²) in [5, 5.41) is 11.8. The predicted octanol–water partition coefficient (Wildman–Crippen LogP) is 5.88. The van der Waals surface area contributed by atoms with Crippen molar-refractivity contribution in [2.24, 2.45) is 17.6 Å². The molecule has 0 radical (unpaired) electrons. The van der Waals surface area contributed by atoms with Crippen LogP contribution >= 0.6 is 0 Å². The minimum Gasteiger partial charge on any atom is -0.495 e. The fourth-order valence-electron chi connectivity index (χ4n) is 3.86. The summed E-state index contributed by atoms with van der Waals surface area (Å²) in [5.74, 6) is 0.365. The van der Waals surface area contributed by atoms with Crippen molar-refractivity contribution in [3.63, 3.8) is 0 Å². The molecule has 1 heterocycles. The molecule has 4 N–H and O–H groups in total. The second-order valence-corrected chi connectivity index (χ2v) is 8.66. The summed E-state index contributed by atoms with van der Waals surface area (Å²) in [6.45, 7) is 5.73. The Morgan fingerprint density at radius 1 is 1.22 bits per heavy atom. The van der Waals surface area contributed by atoms with E-state index in [0.717, 1.165) is 61.4 Å². The van der Waals surface area contributed by atoms with Crippen LogP contribution in [0.4, 0.5) is 18.9 Å². The topological polar surface area (TPSA) is 115 Å². The van der Waals surface area contributed by atoms with Crippen LogP contribution in [-0.2, 0) is 11.0 Å². The van der Waals surface area contributed by atoms with Crippen LogP contribution in [0, 0.1) is 18.8 Å². The Bertz CT molecular complexity index is 991. The third-order valence-corrected chi connectivity index (χ3v) is 6.00. The zero-order valence-corrected chi connectivity index (χ0v) is 21.4. The minimum absolute atomic E-state index is 0.0452. The Hall–Kier alpha value is -3.14. The van der Waals surface area contributed by atoms with Gasteiger partial charge in [-0.05, 0) is 82.3 Å². The number of carbonyl (C=O) groups excluding carboxylic acids is 1. The van der Waals surface area contributed by atoms with Gasteiger partial charge in [-0.3, -0.25) is 9.59 Å². The highest BCUT2D eigenvalue weighted by Crippen LogP contribution is 2.34. The molecule has 1 unspecified atom stereocenters. The van der Waals surface area contributed by atoms with E-state index in [-0.39, 0.29) is 11.7 Å². The zero-order valence-electron chi connectivity index (χ0n) is 21.4. The molecule has 0 bridgehead atoms. The van der Waals surface area contributed by atoms with E-state index in [4.69, 9.17) is 9.84 Å². The lowest BCUT2D eigenvalue weighted by atomic mass is 9.83. The first kappa shape index (κ1) is 30.9. The van der Waals surface area contributed by atoms with Gasteiger partial charge in [0.2, 0.25) is 0 Å². The summed E-state index contributed by atoms with van der Waals surface area (Å²) in [6.07, 6.45) is 1.24. The van der Waals surface area contributed by atoms with Gasteiger partial charge < -0.3 is 20.9 Å². The number of carboxylic acid groups (broad SMARTS) is 1. The molecule has 1 aliphatic carbocycles. The summed E-state index contributed by atoms with van der Waals surface area (Å²) in [5.41, 5.74) is 5.95. The van der Waals surface area contributed by atoms with Crippen LogP contribution in [-0.4, -0.2) is 36.5 Å². The molecule has 0 spiro atoms. The summed E-state index contributed by atoms with van der Waals surface area (Å²) in [4.78, 5) is 24.6. The minimum atomic E-state index is -4.53. The van der Waals surface area contributed by atoms with Gasteiger partial charge in [0.05, 0.1) is 25.3 Å². The molecule has 200 valence electrons. The van der Waals surface area contributed by atoms with E-state index < -0.39 is 23.9 Å². The van der Waals surface area contributed by atoms with E-state index >= 15 is 0 Å². The summed E-state index contributed by atoms with van der Waals surface area (Å²) >= 11 is 0. The number of alkyl halides is 3. The largest absolute Gasteiger partial charge is 0.495 e. The highest BCUT2D eigenvalue weighted by molar-refractivity contribution is 5.76. The SMILES string of the molecule is CC1CCC(C(=O)O)CC1.CN.COc1cnc(C(F)(F)F)cc1C(C)Nc1ccc(C=O)cc1C. The smallest absolute Gasteiger partial charge is 0.433 e. The van der Waals surface area contributed by atoms with Crippen molar-refractivity contribution in [2.45, 2.75) is 58.7 Å². The van der Waals surface area contributed by atoms with Crippen molar-refractivity contribution in [1.82, 2.24) is 4.98 Å². The van der Waals surface area contributed by atoms with E-state index in [0.29, 0.717) is 11.1 Å². The van der Waals surface area contributed by atoms with Gasteiger partial charge in [-0.25, -0.2) is 4.98 Å². The van der Waals surface area contributed by atoms with E-state index in [1.165, 1.54) is 14.2 Å². The average molecular weight is 512 g/mol. The number of nitrogens with one attached hydrogen (secondary N) is 1. The van der Waals surface area contributed by atoms with Crippen molar-refractivity contribution < 1.29 is 32.6 Å². The third kappa shape index (κ3) is 9.14. The van der Waals surface area contributed by atoms with Crippen molar-refractivity contribution in [3.05, 3.63) is 52.8 Å². The monoisotopic (exact) mass is 511 g/mol. The number of methoxy groups -OCH3 is 1. The fourth-order valence-corrected chi connectivity index (χ4v) is 3.86. The lowest BCUT2D eigenvalue weighted by molar-refractivity contribution is -0.143. The number of hydrogen-bond donors (Lipinski definition) is 3. The Kier molecular flexibility index (Phi) is 12.4. The van der Waals surface area contributed by atoms with Gasteiger partial charge in [0, 0.05) is 16.8 Å². The van der Waals surface area contributed by atoms with Gasteiger partial charge in [0.1, 0.15) is 17.7 Å². The highest BCUT2D eigenvalue weighted by atomic mass is 19.4. The third-order valence-electron chi connectivity index (χ3n) is 6.00. The van der Waals surface area contributed by atoms with E-state index in [1.54, 1.807) is 25.1 Å². The maximum Gasteiger partial charge on any atom is 0.433 e. The molecule has 2 aromatic rings. The fraction of sp³-hybridized carbons (Fsp3) is 0.500. The first-order valence-electron chi connectivity index (χ1n) is 11.7. The molecule has 1 aromatic heterocycles. The van der Waals surface area contributed by atoms with E-state index in [2.05, 4.69) is 23.0 Å². The van der Waals surface area contributed by atoms with Gasteiger partial charge in [-0.2, -0.15) is 13.2 Å². The second-order valence-electron chi connectivity index (χ2n) is 8.66. The lowest BCUT2D eigenvalue weighted by Gasteiger charge is -2.22. The maximum absolute atomic E-state index is 12.9. The molecule has 1 aromatic carbocycles. The van der Waals surface area contributed by atoms with Gasteiger partial charge in [0.15, 0.2) is 0 Å². The quantitative estimate of drug-likeness (QED) is 0.415. The molecular formula is C26H36F3N3O4. The number of nitrogens with zero attached hydrogens (tertiary/aromatic N) is 1. The number of halogens is 3. The first-order valence-corrected chi connectivity index (χ1v) is 11.7. The number of aldehydes is 1. The lowest BCUT2D eigenvalue weighted by Crippen LogP contribution is -2.19. The number of anilines is 1. The second kappa shape index (κ2) is 14.4. The van der Waals surface area contributed by atoms with E-state index in [9.17, 15) is 22.8 Å². The average Bonchev–Trinajstić information content (AvgIpc) is 2.86. The Labute approximate surface area is 210 Å². The van der Waals surface area contributed by atoms with Crippen molar-refractivity contribution in [3.8, 4) is 5.75 Å². The Balaban J connectivity index is 0.000000450. The van der Waals surface area contributed by atoms with Crippen molar-refractivity contribution in [1.29, 1.82) is 0 Å². The van der Waals surface area contributed by atoms with Crippen LogP contribution < -0.4 is 15.8 Å². The Morgan fingerprint density at radius 2 is 1.83 bits per heavy atom. The number of benzene rings is 1. The number of nitrogens with two attached hydrogens (primary N) is 1. The van der Waals surface area contributed by atoms with Crippen LogP contribution in [0.15, 0.2) is 30.5 Å². The number of carboxylic acids is 1. The molecule has 0 saturated heterocycles. The number of ether oxygens (including phenoxy) is 1. The number of aromatic nitrogens is 1. The van der Waals surface area contributed by atoms with Crippen LogP contribution in [0.5, 0.6) is 5.75 Å². The summed E-state index contributed by atoms with van der Waals surface area (Å²) < 4.78 is 43.8. The number of pyridine rings is 1. The van der Waals surface area contributed by atoms with Crippen LogP contribution in [0.2, 0.25) is 0 Å². The molecule has 36 heavy (non-hydrogen) atoms. The molecule has 0 amide bonds. The van der Waals surface area contributed by atoms with E-state index in [1.807, 2.05) is 6.92 Å². The normalized spacial score (nSPS) is 17.9. The van der Waals surface area contributed by atoms with Gasteiger partial charge >= 0.3 is 12.1 Å². The molecule has 10 heteroatoms. The van der Waals surface area contributed by atoms with Gasteiger partial charge in [0.25, 0.3) is 0 Å². The molecule has 1 saturated carbocycles. The number of rotatable bonds is 6. The van der Waals surface area contributed by atoms with Crippen molar-refractivity contribution >= 4 is 17.9 Å². The molecule has 0 aliphatic heterocycles. The maximum atomic E-state index is 12.9. The van der Waals surface area contributed by atoms with Crippen LogP contribution in [0.1, 0.15) is 72.8 Å². The van der Waals surface area contributed by atoms with Gasteiger partial charge in [-0.1, -0.05) is 6.92 Å². The number of aliphatic carboxylic acids is 1. The molecule has 1 fully saturated rings. The van der Waals surface area contributed by atoms with Crippen LogP contribution in [0.25, 0.3) is 0 Å². The number of hydrogen-bond acceptors (Lipinski definition) is 6.